The van der Waals surface area contributed by atoms with E-state index in [1.54, 1.807) is 0 Å². The molecule has 0 unspecified atom stereocenters. The Kier molecular flexibility index (Phi) is 2.50. The van der Waals surface area contributed by atoms with Crippen LogP contribution >= 0.6 is 15.9 Å². The lowest BCUT2D eigenvalue weighted by atomic mass is 10.00. The minimum atomic E-state index is 1.14. The van der Waals surface area contributed by atoms with Crippen molar-refractivity contribution in [2.75, 3.05) is 0 Å². The van der Waals surface area contributed by atoms with Gasteiger partial charge in [0.2, 0.25) is 0 Å². The first-order valence-corrected chi connectivity index (χ1v) is 4.21. The number of allylic oxidation sites excluding steroid dienone is 5. The number of hydrogen-bond acceptors (Lipinski definition) is 0. The van der Waals surface area contributed by atoms with Crippen LogP contribution in [0.25, 0.3) is 0 Å². The first-order chi connectivity index (χ1) is 4.70. The van der Waals surface area contributed by atoms with Crippen LogP contribution in [0.2, 0.25) is 0 Å². The highest BCUT2D eigenvalue weighted by Crippen LogP contribution is 2.24. The maximum absolute atomic E-state index is 3.90. The molecular weight excluding hydrogens is 188 g/mol. The molecule has 10 heavy (non-hydrogen) atoms. The topological polar surface area (TPSA) is 0 Å². The minimum absolute atomic E-state index is 1.14. The van der Waals surface area contributed by atoms with Crippen molar-refractivity contribution in [3.8, 4) is 0 Å². The molecule has 0 amide bonds. The summed E-state index contributed by atoms with van der Waals surface area (Å²) in [4.78, 5) is 0. The lowest BCUT2D eigenvalue weighted by Crippen LogP contribution is -1.89. The molecule has 0 saturated carbocycles. The van der Waals surface area contributed by atoms with Crippen LogP contribution in [0.3, 0.4) is 0 Å². The summed E-state index contributed by atoms with van der Waals surface area (Å²) >= 11 is 3.44. The van der Waals surface area contributed by atoms with Crippen molar-refractivity contribution in [3.63, 3.8) is 0 Å². The molecular formula is C9H11Br. The lowest BCUT2D eigenvalue weighted by molar-refractivity contribution is 0.968. The number of hydrogen-bond donors (Lipinski definition) is 0. The van der Waals surface area contributed by atoms with E-state index in [0.29, 0.717) is 0 Å². The molecule has 0 spiro atoms. The van der Waals surface area contributed by atoms with Gasteiger partial charge >= 0.3 is 0 Å². The first kappa shape index (κ1) is 7.80. The van der Waals surface area contributed by atoms with Gasteiger partial charge in [-0.1, -0.05) is 34.2 Å². The molecule has 0 saturated heterocycles. The number of rotatable bonds is 1. The van der Waals surface area contributed by atoms with Gasteiger partial charge in [0.15, 0.2) is 0 Å². The normalized spacial score (nSPS) is 17.8. The van der Waals surface area contributed by atoms with Crippen molar-refractivity contribution in [2.24, 2.45) is 0 Å². The molecule has 0 radical (unpaired) electrons. The van der Waals surface area contributed by atoms with Crippen LogP contribution in [-0.2, 0) is 0 Å². The average molecular weight is 199 g/mol. The highest BCUT2D eigenvalue weighted by atomic mass is 79.9. The van der Waals surface area contributed by atoms with Gasteiger partial charge in [0.05, 0.1) is 0 Å². The third-order valence-corrected chi connectivity index (χ3v) is 2.17. The van der Waals surface area contributed by atoms with Gasteiger partial charge in [-0.25, -0.2) is 0 Å². The molecule has 0 atom stereocenters. The molecule has 0 bridgehead atoms. The maximum Gasteiger partial charge on any atom is 0.0138 e. The highest BCUT2D eigenvalue weighted by Gasteiger charge is 2.02. The Morgan fingerprint density at radius 3 is 2.80 bits per heavy atom. The van der Waals surface area contributed by atoms with Crippen molar-refractivity contribution >= 4 is 15.9 Å². The van der Waals surface area contributed by atoms with Gasteiger partial charge < -0.3 is 0 Å². The maximum atomic E-state index is 3.90. The third-order valence-electron chi connectivity index (χ3n) is 1.61. The van der Waals surface area contributed by atoms with E-state index in [2.05, 4.69) is 41.6 Å². The van der Waals surface area contributed by atoms with Crippen molar-refractivity contribution < 1.29 is 0 Å². The summed E-state index contributed by atoms with van der Waals surface area (Å²) in [6.07, 6.45) is 6.61. The second-order valence-corrected chi connectivity index (χ2v) is 3.49. The van der Waals surface area contributed by atoms with Crippen LogP contribution in [0.5, 0.6) is 0 Å². The van der Waals surface area contributed by atoms with E-state index in [0.717, 1.165) is 12.8 Å². The SMILES string of the molecule is C=C(C)C1=CC(Br)=CCC1. The molecule has 0 aliphatic heterocycles. The Balaban J connectivity index is 2.78. The van der Waals surface area contributed by atoms with Gasteiger partial charge in [0.1, 0.15) is 0 Å². The van der Waals surface area contributed by atoms with E-state index in [1.165, 1.54) is 15.6 Å². The molecule has 1 aliphatic carbocycles. The summed E-state index contributed by atoms with van der Waals surface area (Å²) in [5, 5.41) is 0. The van der Waals surface area contributed by atoms with E-state index in [9.17, 15) is 0 Å². The van der Waals surface area contributed by atoms with E-state index in [1.807, 2.05) is 0 Å². The van der Waals surface area contributed by atoms with Gasteiger partial charge in [-0.05, 0) is 31.4 Å². The van der Waals surface area contributed by atoms with E-state index >= 15 is 0 Å². The van der Waals surface area contributed by atoms with Crippen LogP contribution in [-0.4, -0.2) is 0 Å². The van der Waals surface area contributed by atoms with Crippen molar-refractivity contribution in [2.45, 2.75) is 19.8 Å². The second-order valence-electron chi connectivity index (χ2n) is 2.58. The largest absolute Gasteiger partial charge is 0.0958 e. The van der Waals surface area contributed by atoms with E-state index in [-0.39, 0.29) is 0 Å². The molecule has 0 nitrogen and oxygen atoms in total. The predicted octanol–water partition coefficient (Wildman–Crippen LogP) is 3.56. The van der Waals surface area contributed by atoms with Gasteiger partial charge in [-0.3, -0.25) is 0 Å². The van der Waals surface area contributed by atoms with Gasteiger partial charge in [-0.2, -0.15) is 0 Å². The Labute approximate surface area is 70.5 Å². The molecule has 1 heteroatoms. The monoisotopic (exact) mass is 198 g/mol. The quantitative estimate of drug-likeness (QED) is 0.605. The van der Waals surface area contributed by atoms with Crippen LogP contribution in [0, 0.1) is 0 Å². The summed E-state index contributed by atoms with van der Waals surface area (Å²) in [5.41, 5.74) is 2.56. The fourth-order valence-corrected chi connectivity index (χ4v) is 1.50. The number of halogens is 1. The van der Waals surface area contributed by atoms with E-state index in [4.69, 9.17) is 0 Å². The molecule has 0 aromatic heterocycles. The van der Waals surface area contributed by atoms with Crippen LogP contribution in [0.15, 0.2) is 34.4 Å². The Morgan fingerprint density at radius 1 is 1.70 bits per heavy atom. The average Bonchev–Trinajstić information content (AvgIpc) is 1.88. The standard InChI is InChI=1S/C9H11Br/c1-7(2)8-4-3-5-9(10)6-8/h5-6H,1,3-4H2,2H3. The zero-order chi connectivity index (χ0) is 7.56. The predicted molar refractivity (Wildman–Crippen MR) is 49.1 cm³/mol. The van der Waals surface area contributed by atoms with Gasteiger partial charge in [0.25, 0.3) is 0 Å². The Hall–Kier alpha value is -0.300. The zero-order valence-corrected chi connectivity index (χ0v) is 7.74. The second kappa shape index (κ2) is 3.20. The Bertz CT molecular complexity index is 209. The summed E-state index contributed by atoms with van der Waals surface area (Å²) in [5.74, 6) is 0. The van der Waals surface area contributed by atoms with Crippen LogP contribution < -0.4 is 0 Å². The molecule has 0 fully saturated rings. The molecule has 0 aromatic rings. The fraction of sp³-hybridized carbons (Fsp3) is 0.333. The zero-order valence-electron chi connectivity index (χ0n) is 6.15. The smallest absolute Gasteiger partial charge is 0.0138 e. The summed E-state index contributed by atoms with van der Waals surface area (Å²) < 4.78 is 1.19. The van der Waals surface area contributed by atoms with Crippen LogP contribution in [0.4, 0.5) is 0 Å². The first-order valence-electron chi connectivity index (χ1n) is 3.42. The van der Waals surface area contributed by atoms with Crippen molar-refractivity contribution in [3.05, 3.63) is 34.4 Å². The molecule has 0 aromatic carbocycles. The molecule has 1 aliphatic rings. The summed E-state index contributed by atoms with van der Waals surface area (Å²) in [6.45, 7) is 5.95. The van der Waals surface area contributed by atoms with Crippen LogP contribution in [0.1, 0.15) is 19.8 Å². The Morgan fingerprint density at radius 2 is 2.40 bits per heavy atom. The summed E-state index contributed by atoms with van der Waals surface area (Å²) in [6, 6.07) is 0. The van der Waals surface area contributed by atoms with Gasteiger partial charge in [0, 0.05) is 4.48 Å². The fourth-order valence-electron chi connectivity index (χ4n) is 1.000. The lowest BCUT2D eigenvalue weighted by Gasteiger charge is -2.09. The van der Waals surface area contributed by atoms with Crippen molar-refractivity contribution in [1.82, 2.24) is 0 Å². The van der Waals surface area contributed by atoms with Gasteiger partial charge in [-0.15, -0.1) is 0 Å². The molecule has 54 valence electrons. The molecule has 1 rings (SSSR count). The van der Waals surface area contributed by atoms with E-state index < -0.39 is 0 Å². The summed E-state index contributed by atoms with van der Waals surface area (Å²) in [7, 11) is 0. The molecule has 0 heterocycles. The highest BCUT2D eigenvalue weighted by molar-refractivity contribution is 9.11. The minimum Gasteiger partial charge on any atom is -0.0958 e. The van der Waals surface area contributed by atoms with Crippen molar-refractivity contribution in [1.29, 1.82) is 0 Å². The third kappa shape index (κ3) is 1.84. The molecule has 0 N–H and O–H groups in total.